The summed E-state index contributed by atoms with van der Waals surface area (Å²) in [6.07, 6.45) is 2.92. The molecule has 0 aliphatic carbocycles. The Balaban J connectivity index is 1.97. The first-order valence-corrected chi connectivity index (χ1v) is 8.99. The second-order valence-electron chi connectivity index (χ2n) is 5.97. The molecule has 1 aliphatic heterocycles. The lowest BCUT2D eigenvalue weighted by Crippen LogP contribution is -2.37. The van der Waals surface area contributed by atoms with Gasteiger partial charge in [-0.05, 0) is 24.6 Å². The van der Waals surface area contributed by atoms with E-state index < -0.39 is 0 Å². The monoisotopic (exact) mass is 361 g/mol. The van der Waals surface area contributed by atoms with Gasteiger partial charge in [-0.2, -0.15) is 4.98 Å². The van der Waals surface area contributed by atoms with Gasteiger partial charge in [0.2, 0.25) is 5.95 Å². The van der Waals surface area contributed by atoms with Crippen molar-refractivity contribution in [3.63, 3.8) is 0 Å². The van der Waals surface area contributed by atoms with E-state index in [1.54, 1.807) is 0 Å². The third kappa shape index (κ3) is 4.32. The van der Waals surface area contributed by atoms with Gasteiger partial charge in [-0.15, -0.1) is 0 Å². The van der Waals surface area contributed by atoms with Gasteiger partial charge in [0, 0.05) is 37.4 Å². The maximum atomic E-state index is 6.17. The molecule has 3 rings (SSSR count). The van der Waals surface area contributed by atoms with Crippen LogP contribution in [-0.2, 0) is 4.74 Å². The van der Waals surface area contributed by atoms with Crippen LogP contribution in [0.5, 0.6) is 0 Å². The Labute approximate surface area is 153 Å². The molecule has 7 heteroatoms. The summed E-state index contributed by atoms with van der Waals surface area (Å²) in [6.45, 7) is 6.07. The topological polar surface area (TPSA) is 53.5 Å². The summed E-state index contributed by atoms with van der Waals surface area (Å²) >= 11 is 6.17. The van der Waals surface area contributed by atoms with E-state index in [2.05, 4.69) is 27.0 Å². The largest absolute Gasteiger partial charge is 0.378 e. The number of hydrogen-bond donors (Lipinski definition) is 1. The van der Waals surface area contributed by atoms with Gasteiger partial charge < -0.3 is 19.9 Å². The van der Waals surface area contributed by atoms with E-state index in [1.807, 2.05) is 37.5 Å². The Hall–Kier alpha value is -2.05. The minimum atomic E-state index is 0.641. The van der Waals surface area contributed by atoms with Crippen molar-refractivity contribution in [3.8, 4) is 0 Å². The van der Waals surface area contributed by atoms with Gasteiger partial charge in [-0.25, -0.2) is 4.98 Å². The van der Waals surface area contributed by atoms with E-state index in [4.69, 9.17) is 21.3 Å². The maximum absolute atomic E-state index is 6.17. The van der Waals surface area contributed by atoms with E-state index in [0.29, 0.717) is 11.0 Å². The van der Waals surface area contributed by atoms with Crippen LogP contribution in [0, 0.1) is 0 Å². The summed E-state index contributed by atoms with van der Waals surface area (Å²) in [5, 5.41) is 3.97. The number of anilines is 4. The molecule has 2 heterocycles. The molecule has 1 aromatic carbocycles. The molecule has 0 spiro atoms. The molecule has 1 saturated heterocycles. The summed E-state index contributed by atoms with van der Waals surface area (Å²) in [5.41, 5.74) is 2.00. The average Bonchev–Trinajstić information content (AvgIpc) is 2.66. The van der Waals surface area contributed by atoms with Gasteiger partial charge in [0.05, 0.1) is 25.1 Å². The Kier molecular flexibility index (Phi) is 5.94. The van der Waals surface area contributed by atoms with Crippen LogP contribution in [0.4, 0.5) is 23.1 Å². The molecule has 25 heavy (non-hydrogen) atoms. The number of benzene rings is 1. The molecule has 0 saturated carbocycles. The minimum Gasteiger partial charge on any atom is -0.378 e. The molecule has 0 unspecified atom stereocenters. The summed E-state index contributed by atoms with van der Waals surface area (Å²) < 4.78 is 5.47. The molecule has 6 nitrogen and oxygen atoms in total. The second-order valence-corrected chi connectivity index (χ2v) is 6.40. The molecule has 1 fully saturated rings. The number of nitrogens with zero attached hydrogens (tertiary/aromatic N) is 4. The maximum Gasteiger partial charge on any atom is 0.224 e. The van der Waals surface area contributed by atoms with E-state index in [-0.39, 0.29) is 0 Å². The van der Waals surface area contributed by atoms with Gasteiger partial charge in [-0.3, -0.25) is 0 Å². The first kappa shape index (κ1) is 17.8. The first-order chi connectivity index (χ1) is 12.2. The number of hydrogen-bond acceptors (Lipinski definition) is 6. The average molecular weight is 362 g/mol. The number of halogens is 1. The second kappa shape index (κ2) is 8.36. The molecular weight excluding hydrogens is 338 g/mol. The van der Waals surface area contributed by atoms with Crippen molar-refractivity contribution in [1.29, 1.82) is 0 Å². The lowest BCUT2D eigenvalue weighted by molar-refractivity contribution is 0.122. The predicted molar refractivity (Wildman–Crippen MR) is 103 cm³/mol. The minimum absolute atomic E-state index is 0.641. The van der Waals surface area contributed by atoms with Crippen molar-refractivity contribution in [1.82, 2.24) is 9.97 Å². The molecular formula is C18H24ClN5O. The number of ether oxygens (including phenoxy) is 1. The van der Waals surface area contributed by atoms with Crippen LogP contribution in [0.2, 0.25) is 5.02 Å². The summed E-state index contributed by atoms with van der Waals surface area (Å²) in [6, 6.07) is 7.78. The number of rotatable bonds is 6. The molecule has 2 aromatic rings. The van der Waals surface area contributed by atoms with Gasteiger partial charge in [0.1, 0.15) is 0 Å². The standard InChI is InChI=1S/C18H24ClN5O/c1-3-7-20-18-21-13-16(24-8-10-25-11-9-24)17(22-18)23(2)15-6-4-5-14(19)12-15/h4-6,12-13H,3,7-11H2,1-2H3,(H,20,21,22). The molecule has 0 amide bonds. The highest BCUT2D eigenvalue weighted by molar-refractivity contribution is 6.30. The van der Waals surface area contributed by atoms with Gasteiger partial charge in [0.15, 0.2) is 5.82 Å². The number of aromatic nitrogens is 2. The molecule has 0 radical (unpaired) electrons. The third-order valence-corrected chi connectivity index (χ3v) is 4.38. The fourth-order valence-electron chi connectivity index (χ4n) is 2.77. The summed E-state index contributed by atoms with van der Waals surface area (Å²) in [7, 11) is 2.00. The highest BCUT2D eigenvalue weighted by Crippen LogP contribution is 2.33. The zero-order valence-corrected chi connectivity index (χ0v) is 15.5. The molecule has 134 valence electrons. The summed E-state index contributed by atoms with van der Waals surface area (Å²) in [4.78, 5) is 13.6. The van der Waals surface area contributed by atoms with Crippen LogP contribution in [0.3, 0.4) is 0 Å². The van der Waals surface area contributed by atoms with Crippen molar-refractivity contribution in [3.05, 3.63) is 35.5 Å². The lowest BCUT2D eigenvalue weighted by atomic mass is 10.2. The molecule has 0 atom stereocenters. The third-order valence-electron chi connectivity index (χ3n) is 4.15. The Morgan fingerprint density at radius 1 is 1.32 bits per heavy atom. The fraction of sp³-hybridized carbons (Fsp3) is 0.444. The lowest BCUT2D eigenvalue weighted by Gasteiger charge is -2.32. The SMILES string of the molecule is CCCNc1ncc(N2CCOCC2)c(N(C)c2cccc(Cl)c2)n1. The Morgan fingerprint density at radius 2 is 2.12 bits per heavy atom. The molecule has 1 N–H and O–H groups in total. The van der Waals surface area contributed by atoms with Crippen LogP contribution in [0.15, 0.2) is 30.5 Å². The van der Waals surface area contributed by atoms with Crippen molar-refractivity contribution in [2.45, 2.75) is 13.3 Å². The fourth-order valence-corrected chi connectivity index (χ4v) is 2.95. The normalized spacial score (nSPS) is 14.4. The summed E-state index contributed by atoms with van der Waals surface area (Å²) in [5.74, 6) is 1.50. The zero-order valence-electron chi connectivity index (χ0n) is 14.7. The molecule has 1 aromatic heterocycles. The predicted octanol–water partition coefficient (Wildman–Crippen LogP) is 3.56. The van der Waals surface area contributed by atoms with Crippen LogP contribution < -0.4 is 15.1 Å². The van der Waals surface area contributed by atoms with Crippen LogP contribution in [0.25, 0.3) is 0 Å². The van der Waals surface area contributed by atoms with Crippen molar-refractivity contribution in [2.75, 3.05) is 55.0 Å². The van der Waals surface area contributed by atoms with Gasteiger partial charge >= 0.3 is 0 Å². The molecule has 1 aliphatic rings. The van der Waals surface area contributed by atoms with E-state index >= 15 is 0 Å². The van der Waals surface area contributed by atoms with E-state index in [9.17, 15) is 0 Å². The van der Waals surface area contributed by atoms with Crippen molar-refractivity contribution < 1.29 is 4.74 Å². The Morgan fingerprint density at radius 3 is 2.84 bits per heavy atom. The van der Waals surface area contributed by atoms with E-state index in [1.165, 1.54) is 0 Å². The highest BCUT2D eigenvalue weighted by Gasteiger charge is 2.20. The van der Waals surface area contributed by atoms with Crippen LogP contribution in [0.1, 0.15) is 13.3 Å². The van der Waals surface area contributed by atoms with Crippen LogP contribution >= 0.6 is 11.6 Å². The first-order valence-electron chi connectivity index (χ1n) is 8.62. The van der Waals surface area contributed by atoms with Crippen molar-refractivity contribution >= 4 is 34.7 Å². The van der Waals surface area contributed by atoms with Crippen LogP contribution in [-0.4, -0.2) is 49.9 Å². The smallest absolute Gasteiger partial charge is 0.224 e. The molecule has 0 bridgehead atoms. The van der Waals surface area contributed by atoms with Crippen molar-refractivity contribution in [2.24, 2.45) is 0 Å². The Bertz CT molecular complexity index is 706. The number of nitrogens with one attached hydrogen (secondary N) is 1. The quantitative estimate of drug-likeness (QED) is 0.849. The highest BCUT2D eigenvalue weighted by atomic mass is 35.5. The van der Waals surface area contributed by atoms with E-state index in [0.717, 1.165) is 56.5 Å². The van der Waals surface area contributed by atoms with Gasteiger partial charge in [0.25, 0.3) is 0 Å². The number of morpholine rings is 1. The zero-order chi connectivity index (χ0) is 17.6. The van der Waals surface area contributed by atoms with Gasteiger partial charge in [-0.1, -0.05) is 24.6 Å².